The van der Waals surface area contributed by atoms with E-state index in [-0.39, 0.29) is 11.8 Å². The van der Waals surface area contributed by atoms with Gasteiger partial charge in [-0.3, -0.25) is 14.9 Å². The summed E-state index contributed by atoms with van der Waals surface area (Å²) < 4.78 is 4.40. The number of nitrogens with one attached hydrogen (secondary N) is 1. The van der Waals surface area contributed by atoms with Crippen LogP contribution in [-0.2, 0) is 25.5 Å². The molecule has 1 aliphatic heterocycles. The number of esters is 1. The highest BCUT2D eigenvalue weighted by Gasteiger charge is 2.30. The Bertz CT molecular complexity index is 949. The van der Waals surface area contributed by atoms with Gasteiger partial charge in [-0.2, -0.15) is 0 Å². The minimum absolute atomic E-state index is 0.167. The highest BCUT2D eigenvalue weighted by Crippen LogP contribution is 2.35. The average molecular weight is 413 g/mol. The number of aromatic nitrogens is 1. The van der Waals surface area contributed by atoms with Crippen molar-refractivity contribution < 1.29 is 19.1 Å². The summed E-state index contributed by atoms with van der Waals surface area (Å²) in [5.41, 5.74) is 3.80. The summed E-state index contributed by atoms with van der Waals surface area (Å²) in [6.07, 6.45) is 6.17. The van der Waals surface area contributed by atoms with Crippen molar-refractivity contribution in [3.63, 3.8) is 0 Å². The number of methoxy groups -OCH3 is 1. The van der Waals surface area contributed by atoms with Gasteiger partial charge in [-0.25, -0.2) is 9.78 Å². The lowest BCUT2D eigenvalue weighted by Gasteiger charge is -2.31. The second kappa shape index (κ2) is 8.32. The summed E-state index contributed by atoms with van der Waals surface area (Å²) in [7, 11) is 1.16. The molecular weight excluding hydrogens is 390 g/mol. The summed E-state index contributed by atoms with van der Waals surface area (Å²) >= 11 is 1.24. The number of hydrogen-bond acceptors (Lipinski definition) is 6. The molecule has 4 rings (SSSR count). The van der Waals surface area contributed by atoms with Crippen LogP contribution in [0.1, 0.15) is 37.7 Å². The monoisotopic (exact) mass is 413 g/mol. The van der Waals surface area contributed by atoms with E-state index >= 15 is 0 Å². The lowest BCUT2D eigenvalue weighted by Crippen LogP contribution is -2.39. The lowest BCUT2D eigenvalue weighted by molar-refractivity contribution is -0.150. The zero-order valence-electron chi connectivity index (χ0n) is 16.3. The van der Waals surface area contributed by atoms with Gasteiger partial charge in [0.05, 0.1) is 12.8 Å². The molecule has 2 aliphatic rings. The van der Waals surface area contributed by atoms with Crippen LogP contribution >= 0.6 is 11.3 Å². The van der Waals surface area contributed by atoms with Crippen LogP contribution in [0.4, 0.5) is 10.8 Å². The van der Waals surface area contributed by atoms with Crippen molar-refractivity contribution in [3.05, 3.63) is 29.1 Å². The third-order valence-corrected chi connectivity index (χ3v) is 6.32. The maximum absolute atomic E-state index is 12.9. The van der Waals surface area contributed by atoms with Crippen LogP contribution in [0.2, 0.25) is 0 Å². The molecule has 0 atom stereocenters. The first-order valence-corrected chi connectivity index (χ1v) is 10.7. The standard InChI is InChI=1S/C21H23N3O4S/c1-28-20(27)18(25)23-21-22-16(12-29-21)14-8-9-17-15(11-14)7-4-10-24(17)19(26)13-5-2-3-6-13/h8-9,11-13H,2-7,10H2,1H3,(H,22,23,25). The highest BCUT2D eigenvalue weighted by atomic mass is 32.1. The molecule has 152 valence electrons. The molecule has 8 heteroatoms. The Labute approximate surface area is 173 Å². The van der Waals surface area contributed by atoms with Crippen molar-refractivity contribution in [2.45, 2.75) is 38.5 Å². The molecule has 2 heterocycles. The molecule has 29 heavy (non-hydrogen) atoms. The van der Waals surface area contributed by atoms with E-state index in [1.807, 2.05) is 22.4 Å². The fraction of sp³-hybridized carbons (Fsp3) is 0.429. The van der Waals surface area contributed by atoms with Crippen LogP contribution in [0, 0.1) is 5.92 Å². The zero-order chi connectivity index (χ0) is 20.4. The third kappa shape index (κ3) is 4.03. The lowest BCUT2D eigenvalue weighted by atomic mass is 9.96. The van der Waals surface area contributed by atoms with Gasteiger partial charge in [0.25, 0.3) is 0 Å². The highest BCUT2D eigenvalue weighted by molar-refractivity contribution is 7.14. The van der Waals surface area contributed by atoms with Gasteiger partial charge in [0.15, 0.2) is 5.13 Å². The summed E-state index contributed by atoms with van der Waals surface area (Å²) in [5, 5.41) is 4.61. The van der Waals surface area contributed by atoms with Crippen molar-refractivity contribution >= 4 is 39.9 Å². The van der Waals surface area contributed by atoms with Gasteiger partial charge in [0, 0.05) is 29.1 Å². The number of thiazole rings is 1. The van der Waals surface area contributed by atoms with E-state index in [0.717, 1.165) is 74.7 Å². The zero-order valence-corrected chi connectivity index (χ0v) is 17.1. The van der Waals surface area contributed by atoms with Crippen LogP contribution in [0.3, 0.4) is 0 Å². The molecule has 1 fully saturated rings. The van der Waals surface area contributed by atoms with Crippen molar-refractivity contribution in [1.82, 2.24) is 4.98 Å². The number of fused-ring (bicyclic) bond motifs is 1. The van der Waals surface area contributed by atoms with E-state index in [1.54, 1.807) is 0 Å². The molecule has 0 saturated heterocycles. The van der Waals surface area contributed by atoms with Crippen molar-refractivity contribution in [3.8, 4) is 11.3 Å². The van der Waals surface area contributed by atoms with Gasteiger partial charge in [-0.15, -0.1) is 11.3 Å². The Hall–Kier alpha value is -2.74. The number of hydrogen-bond donors (Lipinski definition) is 1. The number of benzene rings is 1. The van der Waals surface area contributed by atoms with E-state index in [4.69, 9.17) is 0 Å². The smallest absolute Gasteiger partial charge is 0.396 e. The largest absolute Gasteiger partial charge is 0.462 e. The number of carbonyl (C=O) groups is 3. The number of aryl methyl sites for hydroxylation is 1. The van der Waals surface area contributed by atoms with Crippen LogP contribution in [0.15, 0.2) is 23.6 Å². The van der Waals surface area contributed by atoms with Crippen LogP contribution in [-0.4, -0.2) is 36.4 Å². The van der Waals surface area contributed by atoms with Crippen LogP contribution < -0.4 is 10.2 Å². The second-order valence-electron chi connectivity index (χ2n) is 7.40. The molecule has 0 unspecified atom stereocenters. The van der Waals surface area contributed by atoms with E-state index < -0.39 is 11.9 Å². The number of anilines is 2. The van der Waals surface area contributed by atoms with Gasteiger partial charge >= 0.3 is 11.9 Å². The SMILES string of the molecule is COC(=O)C(=O)Nc1nc(-c2ccc3c(c2)CCCN3C(=O)C2CCCC2)cs1. The number of rotatable bonds is 3. The van der Waals surface area contributed by atoms with Crippen molar-refractivity contribution in [1.29, 1.82) is 0 Å². The first-order valence-electron chi connectivity index (χ1n) is 9.86. The van der Waals surface area contributed by atoms with Gasteiger partial charge < -0.3 is 9.64 Å². The van der Waals surface area contributed by atoms with Crippen LogP contribution in [0.5, 0.6) is 0 Å². The molecule has 1 saturated carbocycles. The van der Waals surface area contributed by atoms with E-state index in [2.05, 4.69) is 21.1 Å². The maximum Gasteiger partial charge on any atom is 0.396 e. The summed E-state index contributed by atoms with van der Waals surface area (Å²) in [5.74, 6) is -1.37. The number of amides is 2. The van der Waals surface area contributed by atoms with E-state index in [1.165, 1.54) is 11.3 Å². The molecular formula is C21H23N3O4S. The number of ether oxygens (including phenoxy) is 1. The van der Waals surface area contributed by atoms with Gasteiger partial charge in [0.2, 0.25) is 5.91 Å². The third-order valence-electron chi connectivity index (χ3n) is 5.56. The fourth-order valence-corrected chi connectivity index (χ4v) is 4.80. The summed E-state index contributed by atoms with van der Waals surface area (Å²) in [4.78, 5) is 42.2. The molecule has 1 aromatic carbocycles. The van der Waals surface area contributed by atoms with Gasteiger partial charge in [0.1, 0.15) is 0 Å². The van der Waals surface area contributed by atoms with E-state index in [9.17, 15) is 14.4 Å². The topological polar surface area (TPSA) is 88.6 Å². The fourth-order valence-electron chi connectivity index (χ4n) is 4.08. The van der Waals surface area contributed by atoms with E-state index in [0.29, 0.717) is 5.13 Å². The minimum atomic E-state index is -0.956. The van der Waals surface area contributed by atoms with Gasteiger partial charge in [-0.1, -0.05) is 18.9 Å². The molecule has 1 aromatic heterocycles. The normalized spacial score (nSPS) is 16.4. The first-order chi connectivity index (χ1) is 14.1. The minimum Gasteiger partial charge on any atom is -0.462 e. The molecule has 2 aromatic rings. The quantitative estimate of drug-likeness (QED) is 0.615. The number of carbonyl (C=O) groups excluding carboxylic acids is 3. The predicted molar refractivity (Wildman–Crippen MR) is 111 cm³/mol. The summed E-state index contributed by atoms with van der Waals surface area (Å²) in [6.45, 7) is 0.780. The molecule has 1 N–H and O–H groups in total. The molecule has 0 radical (unpaired) electrons. The molecule has 1 aliphatic carbocycles. The average Bonchev–Trinajstić information content (AvgIpc) is 3.44. The Morgan fingerprint density at radius 1 is 1.21 bits per heavy atom. The molecule has 0 bridgehead atoms. The second-order valence-corrected chi connectivity index (χ2v) is 8.26. The summed E-state index contributed by atoms with van der Waals surface area (Å²) in [6, 6.07) is 6.03. The van der Waals surface area contributed by atoms with Crippen LogP contribution in [0.25, 0.3) is 11.3 Å². The van der Waals surface area contributed by atoms with Crippen molar-refractivity contribution in [2.75, 3.05) is 23.9 Å². The Kier molecular flexibility index (Phi) is 5.62. The molecule has 0 spiro atoms. The Morgan fingerprint density at radius 2 is 2.00 bits per heavy atom. The first kappa shape index (κ1) is 19.6. The molecule has 2 amide bonds. The number of nitrogens with zero attached hydrogens (tertiary/aromatic N) is 2. The van der Waals surface area contributed by atoms with Crippen molar-refractivity contribution in [2.24, 2.45) is 5.92 Å². The Balaban J connectivity index is 1.53. The van der Waals surface area contributed by atoms with Gasteiger partial charge in [-0.05, 0) is 43.4 Å². The Morgan fingerprint density at radius 3 is 2.76 bits per heavy atom. The molecule has 7 nitrogen and oxygen atoms in total. The maximum atomic E-state index is 12.9. The predicted octanol–water partition coefficient (Wildman–Crippen LogP) is 3.39.